The van der Waals surface area contributed by atoms with E-state index in [1.807, 2.05) is 58.3 Å². The zero-order valence-corrected chi connectivity index (χ0v) is 16.0. The molecule has 2 nitrogen and oxygen atoms in total. The van der Waals surface area contributed by atoms with Crippen LogP contribution >= 0.6 is 7.92 Å². The van der Waals surface area contributed by atoms with Crippen LogP contribution < -0.4 is 10.2 Å². The maximum Gasteiger partial charge on any atom is 0.0360 e. The third kappa shape index (κ3) is 11.3. The fourth-order valence-electron chi connectivity index (χ4n) is 1.45. The molecule has 0 aliphatic rings. The molecule has 0 saturated heterocycles. The number of hydrogen-bond acceptors (Lipinski definition) is 2. The van der Waals surface area contributed by atoms with Gasteiger partial charge in [-0.25, -0.2) is 0 Å². The van der Waals surface area contributed by atoms with Crippen LogP contribution in [-0.4, -0.2) is 53.5 Å². The molecule has 0 N–H and O–H groups in total. The molecule has 0 amide bonds. The summed E-state index contributed by atoms with van der Waals surface area (Å²) in [6.45, 7) is 4.54. The SMILES string of the molecule is CN(C)C.CN(C)c1ccccc1.CP(C)c1ccccc1. The van der Waals surface area contributed by atoms with Crippen LogP contribution in [0.15, 0.2) is 60.7 Å². The average molecular weight is 318 g/mol. The lowest BCUT2D eigenvalue weighted by Crippen LogP contribution is -2.07. The summed E-state index contributed by atoms with van der Waals surface area (Å²) in [5.74, 6) is 0. The second-order valence-corrected chi connectivity index (χ2v) is 8.11. The van der Waals surface area contributed by atoms with Crippen molar-refractivity contribution in [3.05, 3.63) is 60.7 Å². The van der Waals surface area contributed by atoms with Gasteiger partial charge in [0, 0.05) is 19.8 Å². The molecule has 3 heteroatoms. The maximum absolute atomic E-state index is 2.27. The van der Waals surface area contributed by atoms with E-state index in [1.165, 1.54) is 11.0 Å². The Labute approximate surface area is 138 Å². The van der Waals surface area contributed by atoms with Gasteiger partial charge in [0.1, 0.15) is 0 Å². The summed E-state index contributed by atoms with van der Waals surface area (Å²) in [6.07, 6.45) is 0. The molecule has 0 radical (unpaired) electrons. The minimum absolute atomic E-state index is 0.104. The lowest BCUT2D eigenvalue weighted by atomic mass is 10.3. The van der Waals surface area contributed by atoms with E-state index < -0.39 is 0 Å². The first-order valence-corrected chi connectivity index (χ1v) is 9.64. The molecule has 0 aliphatic heterocycles. The van der Waals surface area contributed by atoms with Crippen molar-refractivity contribution in [3.8, 4) is 0 Å². The Morgan fingerprint density at radius 1 is 0.636 bits per heavy atom. The van der Waals surface area contributed by atoms with Gasteiger partial charge in [-0.05, 0) is 51.9 Å². The van der Waals surface area contributed by atoms with Gasteiger partial charge in [0.05, 0.1) is 0 Å². The van der Waals surface area contributed by atoms with Gasteiger partial charge in [-0.3, -0.25) is 0 Å². The smallest absolute Gasteiger partial charge is 0.0360 e. The maximum atomic E-state index is 2.27. The van der Waals surface area contributed by atoms with Gasteiger partial charge in [0.25, 0.3) is 0 Å². The van der Waals surface area contributed by atoms with Crippen molar-refractivity contribution in [1.29, 1.82) is 0 Å². The van der Waals surface area contributed by atoms with Gasteiger partial charge in [-0.15, -0.1) is 0 Å². The fraction of sp³-hybridized carbons (Fsp3) is 0.368. The number of hydrogen-bond donors (Lipinski definition) is 0. The standard InChI is InChI=1S/C8H11N.C8H11P.C3H9N/c2*1-9(2)8-6-4-3-5-7-8;1-4(2)3/h2*3-7H,1-2H3;1-3H3. The molecule has 0 bridgehead atoms. The van der Waals surface area contributed by atoms with Crippen LogP contribution in [0.3, 0.4) is 0 Å². The van der Waals surface area contributed by atoms with Gasteiger partial charge in [0.2, 0.25) is 0 Å². The van der Waals surface area contributed by atoms with Gasteiger partial charge in [-0.2, -0.15) is 0 Å². The molecule has 0 unspecified atom stereocenters. The van der Waals surface area contributed by atoms with E-state index >= 15 is 0 Å². The topological polar surface area (TPSA) is 6.48 Å². The van der Waals surface area contributed by atoms with E-state index in [2.05, 4.69) is 60.7 Å². The Balaban J connectivity index is 0.000000326. The van der Waals surface area contributed by atoms with E-state index in [-0.39, 0.29) is 7.92 Å². The lowest BCUT2D eigenvalue weighted by Gasteiger charge is -2.10. The molecule has 0 aromatic heterocycles. The molecule has 2 aromatic rings. The summed E-state index contributed by atoms with van der Waals surface area (Å²) in [5, 5.41) is 1.48. The van der Waals surface area contributed by atoms with E-state index in [1.54, 1.807) is 0 Å². The molecule has 0 heterocycles. The highest BCUT2D eigenvalue weighted by molar-refractivity contribution is 7.64. The normalized spacial score (nSPS) is 9.50. The molecule has 122 valence electrons. The van der Waals surface area contributed by atoms with Crippen molar-refractivity contribution in [1.82, 2.24) is 4.90 Å². The number of anilines is 1. The Morgan fingerprint density at radius 3 is 1.23 bits per heavy atom. The minimum Gasteiger partial charge on any atom is -0.378 e. The Hall–Kier alpha value is -1.37. The highest BCUT2D eigenvalue weighted by Crippen LogP contribution is 2.22. The van der Waals surface area contributed by atoms with E-state index in [0.717, 1.165) is 0 Å². The second kappa shape index (κ2) is 12.2. The molecule has 2 rings (SSSR count). The first-order chi connectivity index (χ1) is 10.3. The molecule has 0 spiro atoms. The van der Waals surface area contributed by atoms with E-state index in [9.17, 15) is 0 Å². The summed E-state index contributed by atoms with van der Waals surface area (Å²) in [6, 6.07) is 20.9. The highest BCUT2D eigenvalue weighted by atomic mass is 31.1. The quantitative estimate of drug-likeness (QED) is 0.773. The Kier molecular flexibility index (Phi) is 11.4. The zero-order chi connectivity index (χ0) is 17.0. The molecule has 0 saturated carbocycles. The lowest BCUT2D eigenvalue weighted by molar-refractivity contribution is 0.505. The van der Waals surface area contributed by atoms with Gasteiger partial charge in [0.15, 0.2) is 0 Å². The summed E-state index contributed by atoms with van der Waals surface area (Å²) in [7, 11) is 10.2. The molecule has 0 fully saturated rings. The highest BCUT2D eigenvalue weighted by Gasteiger charge is 1.92. The van der Waals surface area contributed by atoms with Crippen LogP contribution in [0.2, 0.25) is 0 Å². The zero-order valence-electron chi connectivity index (χ0n) is 15.1. The monoisotopic (exact) mass is 318 g/mol. The molecule has 2 aromatic carbocycles. The molecule has 0 atom stereocenters. The molecule has 22 heavy (non-hydrogen) atoms. The van der Waals surface area contributed by atoms with Crippen molar-refractivity contribution < 1.29 is 0 Å². The first-order valence-electron chi connectivity index (χ1n) is 7.40. The number of para-hydroxylation sites is 1. The molecule has 0 aliphatic carbocycles. The van der Waals surface area contributed by atoms with Crippen LogP contribution in [0.25, 0.3) is 0 Å². The van der Waals surface area contributed by atoms with Crippen molar-refractivity contribution >= 4 is 18.9 Å². The minimum atomic E-state index is 0.104. The number of rotatable bonds is 2. The third-order valence-electron chi connectivity index (χ3n) is 2.55. The van der Waals surface area contributed by atoms with Crippen LogP contribution in [0.5, 0.6) is 0 Å². The van der Waals surface area contributed by atoms with Crippen molar-refractivity contribution in [2.24, 2.45) is 0 Å². The van der Waals surface area contributed by atoms with Crippen molar-refractivity contribution in [2.45, 2.75) is 0 Å². The number of nitrogens with zero attached hydrogens (tertiary/aromatic N) is 2. The third-order valence-corrected chi connectivity index (χ3v) is 3.88. The largest absolute Gasteiger partial charge is 0.378 e. The number of benzene rings is 2. The summed E-state index contributed by atoms with van der Waals surface area (Å²) in [4.78, 5) is 4.08. The van der Waals surface area contributed by atoms with Crippen LogP contribution in [-0.2, 0) is 0 Å². The predicted octanol–water partition coefficient (Wildman–Crippen LogP) is 3.98. The van der Waals surface area contributed by atoms with Gasteiger partial charge < -0.3 is 9.80 Å². The molecular formula is C19H31N2P. The summed E-state index contributed by atoms with van der Waals surface area (Å²) in [5.41, 5.74) is 1.25. The van der Waals surface area contributed by atoms with Gasteiger partial charge >= 0.3 is 0 Å². The Morgan fingerprint density at radius 2 is 1.00 bits per heavy atom. The predicted molar refractivity (Wildman–Crippen MR) is 105 cm³/mol. The van der Waals surface area contributed by atoms with Gasteiger partial charge in [-0.1, -0.05) is 56.5 Å². The average Bonchev–Trinajstić information content (AvgIpc) is 2.49. The van der Waals surface area contributed by atoms with Crippen LogP contribution in [0, 0.1) is 0 Å². The Bertz CT molecular complexity index is 421. The summed E-state index contributed by atoms with van der Waals surface area (Å²) >= 11 is 0. The van der Waals surface area contributed by atoms with Crippen LogP contribution in [0.4, 0.5) is 5.69 Å². The first kappa shape index (κ1) is 20.6. The second-order valence-electron chi connectivity index (χ2n) is 5.80. The fourth-order valence-corrected chi connectivity index (χ4v) is 2.22. The summed E-state index contributed by atoms with van der Waals surface area (Å²) < 4.78 is 0. The van der Waals surface area contributed by atoms with E-state index in [4.69, 9.17) is 0 Å². The van der Waals surface area contributed by atoms with Crippen LogP contribution in [0.1, 0.15) is 0 Å². The van der Waals surface area contributed by atoms with Crippen molar-refractivity contribution in [2.75, 3.05) is 53.5 Å². The van der Waals surface area contributed by atoms with E-state index in [0.29, 0.717) is 0 Å². The molecular weight excluding hydrogens is 287 g/mol. The van der Waals surface area contributed by atoms with Crippen molar-refractivity contribution in [3.63, 3.8) is 0 Å².